The lowest BCUT2D eigenvalue weighted by Crippen LogP contribution is -2.42. The highest BCUT2D eigenvalue weighted by atomic mass is 16.2. The first-order chi connectivity index (χ1) is 31.2. The van der Waals surface area contributed by atoms with E-state index < -0.39 is 23.6 Å². The molecule has 0 atom stereocenters. The van der Waals surface area contributed by atoms with Crippen molar-refractivity contribution in [3.63, 3.8) is 0 Å². The summed E-state index contributed by atoms with van der Waals surface area (Å²) in [5.74, 6) is -2.40. The molecule has 6 amide bonds. The quantitative estimate of drug-likeness (QED) is 0.0639. The molecule has 0 radical (unpaired) electrons. The second kappa shape index (κ2) is 12.7. The second-order valence-corrected chi connectivity index (χ2v) is 17.1. The van der Waals surface area contributed by atoms with Crippen LogP contribution in [-0.4, -0.2) is 79.2 Å². The fourth-order valence-corrected chi connectivity index (χ4v) is 11.0. The summed E-state index contributed by atoms with van der Waals surface area (Å²) in [7, 11) is 0. The first-order valence-corrected chi connectivity index (χ1v) is 21.6. The molecule has 10 aromatic rings. The van der Waals surface area contributed by atoms with Gasteiger partial charge >= 0.3 is 0 Å². The van der Waals surface area contributed by atoms with Crippen LogP contribution < -0.4 is 5.56 Å². The molecular formula is C52H33N5O7. The molecule has 13 rings (SSSR count). The molecule has 0 fully saturated rings. The van der Waals surface area contributed by atoms with Gasteiger partial charge in [-0.25, -0.2) is 4.98 Å². The van der Waals surface area contributed by atoms with Gasteiger partial charge in [-0.15, -0.1) is 0 Å². The van der Waals surface area contributed by atoms with Crippen molar-refractivity contribution in [1.29, 1.82) is 0 Å². The molecular weight excluding hydrogens is 807 g/mol. The van der Waals surface area contributed by atoms with Crippen molar-refractivity contribution in [1.82, 2.24) is 24.1 Å². The number of imide groups is 3. The standard InChI is InChI=1S/C52H33N5O7/c1-2-3-22-54-46(58)30-15-10-25-27-12-17-32-43-33(18-13-28(40(27)43)26-11-16-31(47(54)59)42(30)39(25)26)49(61)55(48(32)60)23-6-7-24-56-50(62)34-19-14-29-41-36(21-20-35(44(34)41)51(56)63)52(64)57-38-9-5-4-8-37(38)53-45(29)57/h4-5,8-21H,2-3,6-7,22-24H2,1H3. The number of pyridine rings is 1. The predicted molar refractivity (Wildman–Crippen MR) is 243 cm³/mol. The van der Waals surface area contributed by atoms with Gasteiger partial charge in [-0.05, 0) is 112 Å². The Hall–Kier alpha value is -8.12. The fourth-order valence-electron chi connectivity index (χ4n) is 11.0. The minimum atomic E-state index is -0.472. The van der Waals surface area contributed by atoms with Crippen LogP contribution in [0.3, 0.4) is 0 Å². The highest BCUT2D eigenvalue weighted by Gasteiger charge is 2.38. The third-order valence-electron chi connectivity index (χ3n) is 13.9. The molecule has 12 nitrogen and oxygen atoms in total. The van der Waals surface area contributed by atoms with Gasteiger partial charge in [0.05, 0.1) is 11.0 Å². The van der Waals surface area contributed by atoms with Crippen LogP contribution in [0.4, 0.5) is 0 Å². The minimum Gasteiger partial charge on any atom is -0.274 e. The van der Waals surface area contributed by atoms with Crippen LogP contribution in [-0.2, 0) is 0 Å². The van der Waals surface area contributed by atoms with E-state index in [1.165, 1.54) is 14.7 Å². The van der Waals surface area contributed by atoms with Crippen molar-refractivity contribution in [2.75, 3.05) is 19.6 Å². The number of para-hydroxylation sites is 2. The Morgan fingerprint density at radius 1 is 0.391 bits per heavy atom. The maximum Gasteiger partial charge on any atom is 0.264 e. The maximum absolute atomic E-state index is 14.2. The Bertz CT molecular complexity index is 3820. The summed E-state index contributed by atoms with van der Waals surface area (Å²) in [6.45, 7) is 2.51. The lowest BCUT2D eigenvalue weighted by molar-refractivity contribution is 0.0571. The summed E-state index contributed by atoms with van der Waals surface area (Å²) in [4.78, 5) is 106. The van der Waals surface area contributed by atoms with Crippen LogP contribution >= 0.6 is 0 Å². The average molecular weight is 840 g/mol. The van der Waals surface area contributed by atoms with Crippen molar-refractivity contribution >= 4 is 117 Å². The van der Waals surface area contributed by atoms with Crippen molar-refractivity contribution in [2.24, 2.45) is 0 Å². The van der Waals surface area contributed by atoms with Gasteiger partial charge in [0.15, 0.2) is 0 Å². The molecule has 308 valence electrons. The third kappa shape index (κ3) is 4.46. The number of unbranched alkanes of at least 4 members (excludes halogenated alkanes) is 2. The number of fused-ring (bicyclic) bond motifs is 6. The van der Waals surface area contributed by atoms with Crippen LogP contribution in [0.15, 0.2) is 102 Å². The van der Waals surface area contributed by atoms with Gasteiger partial charge in [0, 0.05) is 85.3 Å². The molecule has 0 unspecified atom stereocenters. The van der Waals surface area contributed by atoms with E-state index in [1.807, 2.05) is 55.5 Å². The molecule has 0 spiro atoms. The van der Waals surface area contributed by atoms with Crippen LogP contribution in [0.25, 0.3) is 81.3 Å². The molecule has 64 heavy (non-hydrogen) atoms. The molecule has 0 saturated heterocycles. The number of amides is 6. The number of imidazole rings is 1. The minimum absolute atomic E-state index is 0.0638. The zero-order valence-electron chi connectivity index (χ0n) is 34.3. The Morgan fingerprint density at radius 2 is 0.750 bits per heavy atom. The number of hydrogen-bond acceptors (Lipinski definition) is 8. The zero-order chi connectivity index (χ0) is 43.4. The maximum atomic E-state index is 14.2. The van der Waals surface area contributed by atoms with Crippen LogP contribution in [0, 0.1) is 0 Å². The first-order valence-electron chi connectivity index (χ1n) is 21.6. The first kappa shape index (κ1) is 36.5. The number of hydrogen-bond donors (Lipinski definition) is 0. The molecule has 0 bridgehead atoms. The summed E-state index contributed by atoms with van der Waals surface area (Å²) < 4.78 is 1.58. The monoisotopic (exact) mass is 839 g/mol. The molecule has 3 aliphatic rings. The van der Waals surface area contributed by atoms with Gasteiger partial charge in [-0.2, -0.15) is 0 Å². The largest absolute Gasteiger partial charge is 0.274 e. The predicted octanol–water partition coefficient (Wildman–Crippen LogP) is 8.71. The Labute approximate surface area is 361 Å². The highest BCUT2D eigenvalue weighted by Crippen LogP contribution is 2.46. The zero-order valence-corrected chi connectivity index (χ0v) is 34.3. The van der Waals surface area contributed by atoms with Gasteiger partial charge in [0.1, 0.15) is 5.65 Å². The normalized spacial score (nSPS) is 15.2. The molecule has 12 heteroatoms. The van der Waals surface area contributed by atoms with Crippen molar-refractivity contribution in [3.8, 4) is 0 Å². The van der Waals surface area contributed by atoms with Crippen molar-refractivity contribution in [3.05, 3.63) is 141 Å². The summed E-state index contributed by atoms with van der Waals surface area (Å²) >= 11 is 0. The molecule has 2 aromatic heterocycles. The number of nitrogens with zero attached hydrogens (tertiary/aromatic N) is 5. The summed E-state index contributed by atoms with van der Waals surface area (Å²) in [5.41, 5.74) is 3.95. The van der Waals surface area contributed by atoms with E-state index >= 15 is 0 Å². The van der Waals surface area contributed by atoms with Gasteiger partial charge in [0.2, 0.25) is 0 Å². The number of carbonyl (C=O) groups is 6. The molecule has 0 saturated carbocycles. The van der Waals surface area contributed by atoms with E-state index in [0.717, 1.165) is 45.2 Å². The van der Waals surface area contributed by atoms with Gasteiger partial charge in [-0.3, -0.25) is 52.7 Å². The topological polar surface area (TPSA) is 147 Å². The number of benzene rings is 8. The van der Waals surface area contributed by atoms with Crippen LogP contribution in [0.1, 0.15) is 94.8 Å². The lowest BCUT2D eigenvalue weighted by atomic mass is 9.82. The summed E-state index contributed by atoms with van der Waals surface area (Å²) in [6.07, 6.45) is 2.23. The Morgan fingerprint density at radius 3 is 1.17 bits per heavy atom. The van der Waals surface area contributed by atoms with Crippen LogP contribution in [0.2, 0.25) is 0 Å². The van der Waals surface area contributed by atoms with Gasteiger partial charge < -0.3 is 0 Å². The average Bonchev–Trinajstić information content (AvgIpc) is 3.71. The fraction of sp³-hybridized carbons (Fsp3) is 0.154. The molecule has 8 aromatic carbocycles. The van der Waals surface area contributed by atoms with Crippen molar-refractivity contribution in [2.45, 2.75) is 32.6 Å². The smallest absolute Gasteiger partial charge is 0.264 e. The molecule has 5 heterocycles. The molecule has 0 N–H and O–H groups in total. The number of rotatable bonds is 8. The summed E-state index contributed by atoms with van der Waals surface area (Å²) in [6, 6.07) is 28.8. The molecule has 3 aliphatic heterocycles. The van der Waals surface area contributed by atoms with Crippen molar-refractivity contribution < 1.29 is 28.8 Å². The third-order valence-corrected chi connectivity index (χ3v) is 13.9. The summed E-state index contributed by atoms with van der Waals surface area (Å²) in [5, 5.41) is 8.13. The van der Waals surface area contributed by atoms with E-state index in [1.54, 1.807) is 52.9 Å². The van der Waals surface area contributed by atoms with E-state index in [9.17, 15) is 33.6 Å². The van der Waals surface area contributed by atoms with Gasteiger partial charge in [-0.1, -0.05) is 49.7 Å². The Balaban J connectivity index is 0.794. The van der Waals surface area contributed by atoms with E-state index in [2.05, 4.69) is 0 Å². The van der Waals surface area contributed by atoms with E-state index in [0.29, 0.717) is 102 Å². The molecule has 0 aliphatic carbocycles. The van der Waals surface area contributed by atoms with Gasteiger partial charge in [0.25, 0.3) is 41.0 Å². The Kier molecular flexibility index (Phi) is 7.26. The SMILES string of the molecule is CCCCN1C(=O)c2ccc3c4ccc5c6c(ccc(c7ccc(c2c37)C1=O)c64)C(=O)N(CCCCN1C(=O)c2ccc3c(=O)n4c6ccccc6nc4c4ccc(c2c34)C1=O)C5=O. The number of carbonyl (C=O) groups excluding carboxylic acids is 6. The highest BCUT2D eigenvalue weighted by molar-refractivity contribution is 6.41. The number of aromatic nitrogens is 2. The lowest BCUT2D eigenvalue weighted by Gasteiger charge is -2.30. The second-order valence-electron chi connectivity index (χ2n) is 17.1. The van der Waals surface area contributed by atoms with E-state index in [4.69, 9.17) is 4.98 Å². The van der Waals surface area contributed by atoms with Crippen LogP contribution in [0.5, 0.6) is 0 Å². The van der Waals surface area contributed by atoms with E-state index in [-0.39, 0.29) is 30.5 Å².